The number of anilines is 2. The normalized spacial score (nSPS) is 22.7. The van der Waals surface area contributed by atoms with Gasteiger partial charge in [-0.05, 0) is 57.4 Å². The summed E-state index contributed by atoms with van der Waals surface area (Å²) in [5, 5.41) is 17.4. The van der Waals surface area contributed by atoms with Crippen LogP contribution in [0.1, 0.15) is 69.9 Å². The zero-order valence-corrected chi connectivity index (χ0v) is 21.4. The van der Waals surface area contributed by atoms with Crippen molar-refractivity contribution in [2.75, 3.05) is 17.2 Å². The van der Waals surface area contributed by atoms with Crippen LogP contribution in [0.4, 0.5) is 11.8 Å². The van der Waals surface area contributed by atoms with Crippen molar-refractivity contribution in [2.45, 2.75) is 82.4 Å². The summed E-state index contributed by atoms with van der Waals surface area (Å²) in [6.07, 6.45) is 11.2. The fourth-order valence-corrected chi connectivity index (χ4v) is 5.09. The standard InChI is InChI=1S/C25H34N6O.2ClH/c1-25(32)14-11-19(12-15-25)28-24-29-22(26-16-13-18-7-3-2-4-8-18)21-23(30-24)31(17-27-21)20-9-5-6-10-20;;/h2-4,7-8,17,19-20,32H,5-6,9-16H2,1H3,(H2,26,28,29,30);2*1H. The van der Waals surface area contributed by atoms with E-state index in [4.69, 9.17) is 15.0 Å². The molecule has 1 aromatic carbocycles. The first-order chi connectivity index (χ1) is 15.6. The van der Waals surface area contributed by atoms with Gasteiger partial charge in [0.05, 0.1) is 11.9 Å². The lowest BCUT2D eigenvalue weighted by Crippen LogP contribution is -2.36. The smallest absolute Gasteiger partial charge is 0.227 e. The Morgan fingerprint density at radius 2 is 1.74 bits per heavy atom. The highest BCUT2D eigenvalue weighted by Gasteiger charge is 2.29. The monoisotopic (exact) mass is 506 g/mol. The van der Waals surface area contributed by atoms with Gasteiger partial charge in [-0.2, -0.15) is 9.97 Å². The Balaban J connectivity index is 0.00000162. The Morgan fingerprint density at radius 3 is 2.44 bits per heavy atom. The molecule has 0 atom stereocenters. The van der Waals surface area contributed by atoms with Crippen LogP contribution in [0.5, 0.6) is 0 Å². The first-order valence-electron chi connectivity index (χ1n) is 12.1. The number of nitrogens with zero attached hydrogens (tertiary/aromatic N) is 4. The van der Waals surface area contributed by atoms with E-state index in [9.17, 15) is 5.11 Å². The average molecular weight is 508 g/mol. The molecular formula is C25H36Cl2N6O. The van der Waals surface area contributed by atoms with E-state index in [1.165, 1.54) is 31.2 Å². The molecule has 2 aliphatic rings. The van der Waals surface area contributed by atoms with Crippen molar-refractivity contribution in [1.82, 2.24) is 19.5 Å². The molecule has 0 amide bonds. The molecule has 2 saturated carbocycles. The lowest BCUT2D eigenvalue weighted by Gasteiger charge is -2.33. The molecule has 186 valence electrons. The first-order valence-corrected chi connectivity index (χ1v) is 12.1. The van der Waals surface area contributed by atoms with Crippen molar-refractivity contribution in [1.29, 1.82) is 0 Å². The molecule has 0 radical (unpaired) electrons. The van der Waals surface area contributed by atoms with Gasteiger partial charge in [0.1, 0.15) is 0 Å². The van der Waals surface area contributed by atoms with Crippen LogP contribution in [-0.4, -0.2) is 42.8 Å². The molecular weight excluding hydrogens is 471 g/mol. The molecule has 34 heavy (non-hydrogen) atoms. The Hall–Kier alpha value is -2.09. The average Bonchev–Trinajstić information content (AvgIpc) is 3.46. The van der Waals surface area contributed by atoms with Crippen LogP contribution in [0.3, 0.4) is 0 Å². The van der Waals surface area contributed by atoms with E-state index in [0.29, 0.717) is 12.0 Å². The summed E-state index contributed by atoms with van der Waals surface area (Å²) in [4.78, 5) is 14.5. The van der Waals surface area contributed by atoms with E-state index in [-0.39, 0.29) is 30.9 Å². The minimum Gasteiger partial charge on any atom is -0.390 e. The van der Waals surface area contributed by atoms with Gasteiger partial charge in [0, 0.05) is 18.6 Å². The number of imidazole rings is 1. The largest absolute Gasteiger partial charge is 0.390 e. The van der Waals surface area contributed by atoms with Crippen molar-refractivity contribution in [3.63, 3.8) is 0 Å². The predicted octanol–water partition coefficient (Wildman–Crippen LogP) is 5.55. The molecule has 3 N–H and O–H groups in total. The zero-order valence-electron chi connectivity index (χ0n) is 19.7. The second kappa shape index (κ2) is 11.6. The van der Waals surface area contributed by atoms with E-state index in [1.54, 1.807) is 0 Å². The molecule has 0 spiro atoms. The van der Waals surface area contributed by atoms with Crippen LogP contribution < -0.4 is 10.6 Å². The van der Waals surface area contributed by atoms with Crippen LogP contribution >= 0.6 is 24.8 Å². The highest BCUT2D eigenvalue weighted by molar-refractivity contribution is 5.86. The van der Waals surface area contributed by atoms with Crippen LogP contribution in [0.25, 0.3) is 11.2 Å². The topological polar surface area (TPSA) is 87.9 Å². The number of rotatable bonds is 7. The Morgan fingerprint density at radius 1 is 1.03 bits per heavy atom. The minimum absolute atomic E-state index is 0. The van der Waals surface area contributed by atoms with E-state index in [0.717, 1.165) is 55.6 Å². The van der Waals surface area contributed by atoms with Crippen LogP contribution in [-0.2, 0) is 6.42 Å². The number of hydrogen-bond donors (Lipinski definition) is 3. The fraction of sp³-hybridized carbons (Fsp3) is 0.560. The Kier molecular flexibility index (Phi) is 9.01. The van der Waals surface area contributed by atoms with Crippen molar-refractivity contribution in [2.24, 2.45) is 0 Å². The summed E-state index contributed by atoms with van der Waals surface area (Å²) in [6, 6.07) is 11.3. The molecule has 9 heteroatoms. The first kappa shape index (κ1) is 26.5. The SMILES string of the molecule is CC1(O)CCC(Nc2nc(NCCc3ccccc3)c3ncn(C4CCCC4)c3n2)CC1.Cl.Cl. The van der Waals surface area contributed by atoms with Gasteiger partial charge < -0.3 is 20.3 Å². The molecule has 0 aliphatic heterocycles. The maximum Gasteiger partial charge on any atom is 0.227 e. The lowest BCUT2D eigenvalue weighted by atomic mass is 9.84. The number of aliphatic hydroxyl groups is 1. The van der Waals surface area contributed by atoms with Crippen molar-refractivity contribution < 1.29 is 5.11 Å². The van der Waals surface area contributed by atoms with Gasteiger partial charge in [-0.25, -0.2) is 4.98 Å². The molecule has 0 bridgehead atoms. The van der Waals surface area contributed by atoms with Gasteiger partial charge in [0.15, 0.2) is 17.0 Å². The Bertz CT molecular complexity index is 1040. The van der Waals surface area contributed by atoms with E-state index < -0.39 is 5.60 Å². The summed E-state index contributed by atoms with van der Waals surface area (Å²) in [5.41, 5.74) is 2.52. The Labute approximate surface area is 214 Å². The van der Waals surface area contributed by atoms with E-state index in [1.807, 2.05) is 19.3 Å². The third kappa shape index (κ3) is 6.12. The number of benzene rings is 1. The minimum atomic E-state index is -0.547. The molecule has 0 saturated heterocycles. The predicted molar refractivity (Wildman–Crippen MR) is 142 cm³/mol. The summed E-state index contributed by atoms with van der Waals surface area (Å²) < 4.78 is 2.25. The maximum absolute atomic E-state index is 10.3. The number of aromatic nitrogens is 4. The number of fused-ring (bicyclic) bond motifs is 1. The number of nitrogens with one attached hydrogen (secondary N) is 2. The molecule has 2 aromatic heterocycles. The molecule has 3 aromatic rings. The summed E-state index contributed by atoms with van der Waals surface area (Å²) in [7, 11) is 0. The van der Waals surface area contributed by atoms with Crippen molar-refractivity contribution in [3.8, 4) is 0 Å². The van der Waals surface area contributed by atoms with Crippen molar-refractivity contribution >= 4 is 47.7 Å². The van der Waals surface area contributed by atoms with Gasteiger partial charge >= 0.3 is 0 Å². The summed E-state index contributed by atoms with van der Waals surface area (Å²) in [5.74, 6) is 1.46. The highest BCUT2D eigenvalue weighted by Crippen LogP contribution is 2.34. The fourth-order valence-electron chi connectivity index (χ4n) is 5.09. The highest BCUT2D eigenvalue weighted by atomic mass is 35.5. The van der Waals surface area contributed by atoms with Crippen LogP contribution in [0.15, 0.2) is 36.7 Å². The molecule has 2 heterocycles. The van der Waals surface area contributed by atoms with Gasteiger partial charge in [0.2, 0.25) is 5.95 Å². The maximum atomic E-state index is 10.3. The molecule has 7 nitrogen and oxygen atoms in total. The van der Waals surface area contributed by atoms with Gasteiger partial charge in [0.25, 0.3) is 0 Å². The quantitative estimate of drug-likeness (QED) is 0.389. The third-order valence-electron chi connectivity index (χ3n) is 7.08. The molecule has 2 fully saturated rings. The van der Waals surface area contributed by atoms with Gasteiger partial charge in [-0.15, -0.1) is 24.8 Å². The van der Waals surface area contributed by atoms with E-state index in [2.05, 4.69) is 39.5 Å². The number of halogens is 2. The van der Waals surface area contributed by atoms with Crippen LogP contribution in [0.2, 0.25) is 0 Å². The zero-order chi connectivity index (χ0) is 22.0. The third-order valence-corrected chi connectivity index (χ3v) is 7.08. The second-order valence-corrected chi connectivity index (χ2v) is 9.74. The number of hydrogen-bond acceptors (Lipinski definition) is 6. The van der Waals surface area contributed by atoms with E-state index >= 15 is 0 Å². The van der Waals surface area contributed by atoms with Gasteiger partial charge in [-0.1, -0.05) is 43.2 Å². The lowest BCUT2D eigenvalue weighted by molar-refractivity contribution is 0.0196. The van der Waals surface area contributed by atoms with Gasteiger partial charge in [-0.3, -0.25) is 0 Å². The van der Waals surface area contributed by atoms with Crippen molar-refractivity contribution in [3.05, 3.63) is 42.2 Å². The summed E-state index contributed by atoms with van der Waals surface area (Å²) >= 11 is 0. The van der Waals surface area contributed by atoms with Crippen LogP contribution in [0, 0.1) is 0 Å². The summed E-state index contributed by atoms with van der Waals surface area (Å²) in [6.45, 7) is 2.72. The molecule has 2 aliphatic carbocycles. The molecule has 0 unspecified atom stereocenters. The molecule has 5 rings (SSSR count). The second-order valence-electron chi connectivity index (χ2n) is 9.74.